The number of benzene rings is 1. The zero-order valence-electron chi connectivity index (χ0n) is 9.81. The second-order valence-corrected chi connectivity index (χ2v) is 3.75. The van der Waals surface area contributed by atoms with Crippen molar-refractivity contribution in [2.24, 2.45) is 0 Å². The van der Waals surface area contributed by atoms with Gasteiger partial charge in [0.25, 0.3) is 0 Å². The van der Waals surface area contributed by atoms with Gasteiger partial charge in [0.1, 0.15) is 11.6 Å². The lowest BCUT2D eigenvalue weighted by Gasteiger charge is -2.09. The second-order valence-electron chi connectivity index (χ2n) is 3.75. The highest BCUT2D eigenvalue weighted by molar-refractivity contribution is 5.76. The van der Waals surface area contributed by atoms with Gasteiger partial charge in [0, 0.05) is 11.3 Å². The third-order valence-electron chi connectivity index (χ3n) is 2.52. The fraction of sp³-hybridized carbons (Fsp3) is 0.0714. The van der Waals surface area contributed by atoms with Crippen LogP contribution in [0.1, 0.15) is 11.3 Å². The van der Waals surface area contributed by atoms with E-state index in [4.69, 9.17) is 5.26 Å². The van der Waals surface area contributed by atoms with Gasteiger partial charge in [0.05, 0.1) is 0 Å². The minimum atomic E-state index is 0.304. The first-order valence-electron chi connectivity index (χ1n) is 5.38. The summed E-state index contributed by atoms with van der Waals surface area (Å²) in [4.78, 5) is 4.16. The van der Waals surface area contributed by atoms with E-state index in [1.54, 1.807) is 6.19 Å². The van der Waals surface area contributed by atoms with E-state index >= 15 is 0 Å². The van der Waals surface area contributed by atoms with Crippen molar-refractivity contribution in [2.45, 2.75) is 6.92 Å². The van der Waals surface area contributed by atoms with Crippen LogP contribution in [0.5, 0.6) is 0 Å². The Bertz CT molecular complexity index is 648. The largest absolute Gasteiger partial charge is 0.276 e. The van der Waals surface area contributed by atoms with Crippen LogP contribution in [0.15, 0.2) is 36.4 Å². The van der Waals surface area contributed by atoms with Gasteiger partial charge in [-0.15, -0.1) is 0 Å². The molecule has 86 valence electrons. The first kappa shape index (κ1) is 11.6. The molecule has 0 aliphatic rings. The summed E-state index contributed by atoms with van der Waals surface area (Å²) in [7, 11) is 0. The zero-order valence-corrected chi connectivity index (χ0v) is 9.81. The number of nitriles is 2. The summed E-state index contributed by atoms with van der Waals surface area (Å²) in [6.45, 7) is 1.83. The third-order valence-corrected chi connectivity index (χ3v) is 2.52. The summed E-state index contributed by atoms with van der Waals surface area (Å²) >= 11 is 0. The average Bonchev–Trinajstić information content (AvgIpc) is 2.39. The number of pyridine rings is 1. The zero-order chi connectivity index (χ0) is 13.0. The van der Waals surface area contributed by atoms with Crippen molar-refractivity contribution >= 4 is 5.82 Å². The Morgan fingerprint density at radius 3 is 2.50 bits per heavy atom. The van der Waals surface area contributed by atoms with E-state index in [0.717, 1.165) is 16.8 Å². The molecule has 0 unspecified atom stereocenters. The van der Waals surface area contributed by atoms with E-state index in [1.165, 1.54) is 0 Å². The normalized spacial score (nSPS) is 9.28. The number of anilines is 1. The number of hydrogen-bond donors (Lipinski definition) is 1. The first-order valence-corrected chi connectivity index (χ1v) is 5.38. The SMILES string of the molecule is Cc1cc(-c2ccccc2)c(C#N)c(NC#N)n1. The number of nitrogens with one attached hydrogen (secondary N) is 1. The Balaban J connectivity index is 2.68. The highest BCUT2D eigenvalue weighted by Crippen LogP contribution is 2.28. The monoisotopic (exact) mass is 234 g/mol. The highest BCUT2D eigenvalue weighted by atomic mass is 15.0. The molecular weight excluding hydrogens is 224 g/mol. The summed E-state index contributed by atoms with van der Waals surface area (Å²) in [5, 5.41) is 20.4. The van der Waals surface area contributed by atoms with Crippen LogP contribution in [0.3, 0.4) is 0 Å². The molecule has 4 nitrogen and oxygen atoms in total. The van der Waals surface area contributed by atoms with Gasteiger partial charge in [-0.1, -0.05) is 30.3 Å². The van der Waals surface area contributed by atoms with Gasteiger partial charge < -0.3 is 0 Å². The Morgan fingerprint density at radius 1 is 1.17 bits per heavy atom. The fourth-order valence-corrected chi connectivity index (χ4v) is 1.78. The molecule has 0 fully saturated rings. The van der Waals surface area contributed by atoms with Crippen LogP contribution in [-0.4, -0.2) is 4.98 Å². The van der Waals surface area contributed by atoms with E-state index in [2.05, 4.69) is 16.4 Å². The second kappa shape index (κ2) is 4.99. The first-order chi connectivity index (χ1) is 8.76. The van der Waals surface area contributed by atoms with Crippen LogP contribution in [0.4, 0.5) is 5.82 Å². The van der Waals surface area contributed by atoms with Gasteiger partial charge in [-0.25, -0.2) is 4.98 Å². The minimum Gasteiger partial charge on any atom is -0.276 e. The number of nitrogens with zero attached hydrogens (tertiary/aromatic N) is 3. The highest BCUT2D eigenvalue weighted by Gasteiger charge is 2.12. The summed E-state index contributed by atoms with van der Waals surface area (Å²) < 4.78 is 0. The van der Waals surface area contributed by atoms with E-state index in [-0.39, 0.29) is 0 Å². The van der Waals surface area contributed by atoms with Gasteiger partial charge in [-0.3, -0.25) is 5.32 Å². The molecule has 0 atom stereocenters. The van der Waals surface area contributed by atoms with Gasteiger partial charge in [0.2, 0.25) is 0 Å². The van der Waals surface area contributed by atoms with Crippen molar-refractivity contribution in [3.63, 3.8) is 0 Å². The van der Waals surface area contributed by atoms with Crippen molar-refractivity contribution in [1.82, 2.24) is 4.98 Å². The molecule has 1 N–H and O–H groups in total. The third kappa shape index (κ3) is 2.14. The Morgan fingerprint density at radius 2 is 1.89 bits per heavy atom. The lowest BCUT2D eigenvalue weighted by atomic mass is 10.0. The van der Waals surface area contributed by atoms with Crippen LogP contribution in [-0.2, 0) is 0 Å². The predicted molar refractivity (Wildman–Crippen MR) is 68.4 cm³/mol. The number of aryl methyl sites for hydroxylation is 1. The van der Waals surface area contributed by atoms with Crippen molar-refractivity contribution in [1.29, 1.82) is 10.5 Å². The lowest BCUT2D eigenvalue weighted by Crippen LogP contribution is -1.99. The maximum absolute atomic E-state index is 9.24. The molecule has 2 rings (SSSR count). The van der Waals surface area contributed by atoms with Crippen LogP contribution in [0.25, 0.3) is 11.1 Å². The van der Waals surface area contributed by atoms with E-state index in [1.807, 2.05) is 43.3 Å². The summed E-state index contributed by atoms with van der Waals surface area (Å²) in [5.74, 6) is 0.304. The van der Waals surface area contributed by atoms with Crippen molar-refractivity contribution < 1.29 is 0 Å². The van der Waals surface area contributed by atoms with E-state index in [9.17, 15) is 5.26 Å². The molecule has 1 aromatic heterocycles. The van der Waals surface area contributed by atoms with Crippen molar-refractivity contribution in [3.8, 4) is 23.4 Å². The lowest BCUT2D eigenvalue weighted by molar-refractivity contribution is 1.19. The Hall–Kier alpha value is -2.85. The molecule has 0 spiro atoms. The maximum Gasteiger partial charge on any atom is 0.182 e. The molecule has 0 saturated carbocycles. The molecule has 4 heteroatoms. The summed E-state index contributed by atoms with van der Waals surface area (Å²) in [6.07, 6.45) is 1.80. The topological polar surface area (TPSA) is 72.5 Å². The Kier molecular flexibility index (Phi) is 3.22. The number of rotatable bonds is 2. The van der Waals surface area contributed by atoms with Crippen LogP contribution in [0.2, 0.25) is 0 Å². The predicted octanol–water partition coefficient (Wildman–Crippen LogP) is 2.82. The smallest absolute Gasteiger partial charge is 0.182 e. The summed E-state index contributed by atoms with van der Waals surface area (Å²) in [5.41, 5.74) is 2.85. The van der Waals surface area contributed by atoms with E-state index in [0.29, 0.717) is 11.4 Å². The molecule has 2 aromatic rings. The van der Waals surface area contributed by atoms with Crippen molar-refractivity contribution in [3.05, 3.63) is 47.7 Å². The van der Waals surface area contributed by atoms with Crippen LogP contribution < -0.4 is 5.32 Å². The Labute approximate surface area is 105 Å². The quantitative estimate of drug-likeness (QED) is 0.640. The van der Waals surface area contributed by atoms with Crippen LogP contribution >= 0.6 is 0 Å². The number of hydrogen-bond acceptors (Lipinski definition) is 4. The molecular formula is C14H10N4. The fourth-order valence-electron chi connectivity index (χ4n) is 1.78. The molecule has 0 saturated heterocycles. The molecule has 0 amide bonds. The summed E-state index contributed by atoms with van der Waals surface area (Å²) in [6, 6.07) is 13.5. The molecule has 18 heavy (non-hydrogen) atoms. The van der Waals surface area contributed by atoms with E-state index < -0.39 is 0 Å². The standard InChI is InChI=1S/C14H10N4/c1-10-7-12(11-5-3-2-4-6-11)13(8-15)14(18-10)17-9-16/h2-7H,1H3,(H,17,18). The maximum atomic E-state index is 9.24. The van der Waals surface area contributed by atoms with Gasteiger partial charge >= 0.3 is 0 Å². The van der Waals surface area contributed by atoms with Gasteiger partial charge in [-0.2, -0.15) is 10.5 Å². The molecule has 0 aliphatic heterocycles. The molecule has 0 radical (unpaired) electrons. The molecule has 0 aliphatic carbocycles. The average molecular weight is 234 g/mol. The number of aromatic nitrogens is 1. The van der Waals surface area contributed by atoms with Crippen LogP contribution in [0, 0.1) is 29.7 Å². The molecule has 0 bridgehead atoms. The van der Waals surface area contributed by atoms with Crippen molar-refractivity contribution in [2.75, 3.05) is 5.32 Å². The molecule has 1 aromatic carbocycles. The molecule has 1 heterocycles. The van der Waals surface area contributed by atoms with Gasteiger partial charge in [-0.05, 0) is 18.6 Å². The minimum absolute atomic E-state index is 0.304. The van der Waals surface area contributed by atoms with Gasteiger partial charge in [0.15, 0.2) is 12.0 Å².